The molecule has 1 amide bonds. The van der Waals surface area contributed by atoms with Crippen LogP contribution in [0.15, 0.2) is 46.9 Å². The molecule has 0 bridgehead atoms. The van der Waals surface area contributed by atoms with E-state index in [2.05, 4.69) is 12.2 Å². The number of rotatable bonds is 4. The summed E-state index contributed by atoms with van der Waals surface area (Å²) in [5, 5.41) is 14.3. The average molecular weight is 379 g/mol. The first-order valence-electron chi connectivity index (χ1n) is 9.99. The SMILES string of the molecule is Cc1oc2ccc(O)c(C[NH+]3CCCC[C@H]3C)c2c1C(=O)Nc1ccccc1. The predicted octanol–water partition coefficient (Wildman–Crippen LogP) is 3.66. The van der Waals surface area contributed by atoms with E-state index in [9.17, 15) is 9.90 Å². The molecule has 28 heavy (non-hydrogen) atoms. The van der Waals surface area contributed by atoms with Crippen molar-refractivity contribution in [2.24, 2.45) is 0 Å². The minimum Gasteiger partial charge on any atom is -0.507 e. The Labute approximate surface area is 165 Å². The molecule has 1 aliphatic rings. The second-order valence-electron chi connectivity index (χ2n) is 7.77. The maximum atomic E-state index is 13.1. The number of para-hydroxylation sites is 1. The molecule has 5 heteroatoms. The molecule has 1 aromatic heterocycles. The zero-order valence-electron chi connectivity index (χ0n) is 16.4. The summed E-state index contributed by atoms with van der Waals surface area (Å²) >= 11 is 0. The first-order valence-corrected chi connectivity index (χ1v) is 9.99. The van der Waals surface area contributed by atoms with Crippen molar-refractivity contribution in [2.45, 2.75) is 45.7 Å². The Morgan fingerprint density at radius 1 is 1.21 bits per heavy atom. The highest BCUT2D eigenvalue weighted by Gasteiger charge is 2.28. The highest BCUT2D eigenvalue weighted by atomic mass is 16.3. The smallest absolute Gasteiger partial charge is 0.259 e. The van der Waals surface area contributed by atoms with E-state index in [0.717, 1.165) is 23.2 Å². The number of aryl methyl sites for hydroxylation is 1. The van der Waals surface area contributed by atoms with Crippen LogP contribution < -0.4 is 10.2 Å². The molecule has 0 saturated carbocycles. The summed E-state index contributed by atoms with van der Waals surface area (Å²) in [6.07, 6.45) is 3.65. The summed E-state index contributed by atoms with van der Waals surface area (Å²) in [5.41, 5.74) is 2.69. The highest BCUT2D eigenvalue weighted by molar-refractivity contribution is 6.14. The summed E-state index contributed by atoms with van der Waals surface area (Å²) in [6.45, 7) is 5.83. The van der Waals surface area contributed by atoms with Crippen LogP contribution in [-0.4, -0.2) is 23.6 Å². The van der Waals surface area contributed by atoms with E-state index in [1.165, 1.54) is 24.2 Å². The number of aromatic hydroxyl groups is 1. The Hall–Kier alpha value is -2.79. The number of nitrogens with one attached hydrogen (secondary N) is 2. The lowest BCUT2D eigenvalue weighted by molar-refractivity contribution is -0.941. The molecule has 3 aromatic rings. The van der Waals surface area contributed by atoms with E-state index >= 15 is 0 Å². The van der Waals surface area contributed by atoms with Crippen molar-refractivity contribution >= 4 is 22.6 Å². The van der Waals surface area contributed by atoms with Gasteiger partial charge in [0, 0.05) is 11.1 Å². The van der Waals surface area contributed by atoms with E-state index < -0.39 is 0 Å². The number of phenols is 1. The first kappa shape index (κ1) is 18.6. The molecule has 5 nitrogen and oxygen atoms in total. The number of piperidine rings is 1. The summed E-state index contributed by atoms with van der Waals surface area (Å²) in [6, 6.07) is 13.3. The Bertz CT molecular complexity index is 994. The molecule has 1 aliphatic heterocycles. The molecule has 3 N–H and O–H groups in total. The van der Waals surface area contributed by atoms with E-state index in [1.54, 1.807) is 19.1 Å². The molecule has 146 valence electrons. The Kier molecular flexibility index (Phi) is 5.09. The summed E-state index contributed by atoms with van der Waals surface area (Å²) in [7, 11) is 0. The minimum atomic E-state index is -0.212. The van der Waals surface area contributed by atoms with Gasteiger partial charge in [-0.15, -0.1) is 0 Å². The summed E-state index contributed by atoms with van der Waals surface area (Å²) in [5.74, 6) is 0.584. The number of hydrogen-bond acceptors (Lipinski definition) is 3. The number of phenolic OH excluding ortho intramolecular Hbond substituents is 1. The number of amides is 1. The van der Waals surface area contributed by atoms with Crippen LogP contribution in [0.25, 0.3) is 11.0 Å². The van der Waals surface area contributed by atoms with Gasteiger partial charge in [0.05, 0.1) is 23.7 Å². The van der Waals surface area contributed by atoms with Crippen LogP contribution >= 0.6 is 0 Å². The van der Waals surface area contributed by atoms with Gasteiger partial charge in [0.25, 0.3) is 5.91 Å². The third kappa shape index (κ3) is 3.50. The zero-order chi connectivity index (χ0) is 19.7. The molecular formula is C23H27N2O3+. The number of quaternary nitrogens is 1. The van der Waals surface area contributed by atoms with Crippen molar-refractivity contribution < 1.29 is 19.2 Å². The molecule has 1 unspecified atom stereocenters. The monoisotopic (exact) mass is 379 g/mol. The third-order valence-corrected chi connectivity index (χ3v) is 5.86. The number of furan rings is 1. The lowest BCUT2D eigenvalue weighted by Gasteiger charge is -2.30. The Morgan fingerprint density at radius 3 is 2.75 bits per heavy atom. The Balaban J connectivity index is 1.75. The largest absolute Gasteiger partial charge is 0.507 e. The van der Waals surface area contributed by atoms with E-state index in [1.807, 2.05) is 30.3 Å². The molecule has 1 fully saturated rings. The average Bonchev–Trinajstić information content (AvgIpc) is 3.03. The van der Waals surface area contributed by atoms with E-state index in [4.69, 9.17) is 4.42 Å². The van der Waals surface area contributed by atoms with Gasteiger partial charge in [0.1, 0.15) is 23.6 Å². The molecule has 0 radical (unpaired) electrons. The van der Waals surface area contributed by atoms with Crippen molar-refractivity contribution in [3.05, 3.63) is 59.4 Å². The van der Waals surface area contributed by atoms with Gasteiger partial charge in [0.15, 0.2) is 0 Å². The van der Waals surface area contributed by atoms with Crippen molar-refractivity contribution in [3.63, 3.8) is 0 Å². The van der Waals surface area contributed by atoms with Crippen molar-refractivity contribution in [2.75, 3.05) is 11.9 Å². The quantitative estimate of drug-likeness (QED) is 0.648. The van der Waals surface area contributed by atoms with E-state index in [-0.39, 0.29) is 11.7 Å². The number of hydrogen-bond donors (Lipinski definition) is 3. The molecular weight excluding hydrogens is 352 g/mol. The van der Waals surface area contributed by atoms with Crippen molar-refractivity contribution in [1.29, 1.82) is 0 Å². The number of benzene rings is 2. The maximum Gasteiger partial charge on any atom is 0.259 e. The maximum absolute atomic E-state index is 13.1. The highest BCUT2D eigenvalue weighted by Crippen LogP contribution is 2.34. The summed E-state index contributed by atoms with van der Waals surface area (Å²) < 4.78 is 5.89. The van der Waals surface area contributed by atoms with Crippen molar-refractivity contribution in [3.8, 4) is 5.75 Å². The lowest BCUT2D eigenvalue weighted by Crippen LogP contribution is -3.14. The third-order valence-electron chi connectivity index (χ3n) is 5.86. The fourth-order valence-corrected chi connectivity index (χ4v) is 4.28. The minimum absolute atomic E-state index is 0.212. The number of anilines is 1. The molecule has 1 saturated heterocycles. The van der Waals surface area contributed by atoms with Crippen LogP contribution in [0, 0.1) is 6.92 Å². The number of carbonyl (C=O) groups is 1. The van der Waals surface area contributed by atoms with Crippen molar-refractivity contribution in [1.82, 2.24) is 0 Å². The predicted molar refractivity (Wildman–Crippen MR) is 110 cm³/mol. The fourth-order valence-electron chi connectivity index (χ4n) is 4.28. The van der Waals surface area contributed by atoms with Crippen LogP contribution in [-0.2, 0) is 6.54 Å². The molecule has 4 rings (SSSR count). The van der Waals surface area contributed by atoms with Gasteiger partial charge in [-0.05, 0) is 57.4 Å². The topological polar surface area (TPSA) is 66.9 Å². The van der Waals surface area contributed by atoms with Gasteiger partial charge >= 0.3 is 0 Å². The normalized spacial score (nSPS) is 19.6. The molecule has 0 spiro atoms. The molecule has 2 heterocycles. The first-order chi connectivity index (χ1) is 13.5. The van der Waals surface area contributed by atoms with Gasteiger partial charge < -0.3 is 19.7 Å². The van der Waals surface area contributed by atoms with Gasteiger partial charge in [-0.25, -0.2) is 0 Å². The van der Waals surface area contributed by atoms with Crippen LogP contribution in [0.4, 0.5) is 5.69 Å². The zero-order valence-corrected chi connectivity index (χ0v) is 16.4. The fraction of sp³-hybridized carbons (Fsp3) is 0.348. The van der Waals surface area contributed by atoms with Gasteiger partial charge in [-0.1, -0.05) is 18.2 Å². The summed E-state index contributed by atoms with van der Waals surface area (Å²) in [4.78, 5) is 14.5. The van der Waals surface area contributed by atoms with Crippen LogP contribution in [0.2, 0.25) is 0 Å². The second kappa shape index (κ2) is 7.68. The number of likely N-dealkylation sites (tertiary alicyclic amines) is 1. The lowest BCUT2D eigenvalue weighted by atomic mass is 9.99. The van der Waals surface area contributed by atoms with E-state index in [0.29, 0.717) is 29.5 Å². The second-order valence-corrected chi connectivity index (χ2v) is 7.77. The number of carbonyl (C=O) groups excluding carboxylic acids is 1. The number of fused-ring (bicyclic) bond motifs is 1. The molecule has 2 atom stereocenters. The Morgan fingerprint density at radius 2 is 2.00 bits per heavy atom. The molecule has 0 aliphatic carbocycles. The van der Waals surface area contributed by atoms with Gasteiger partial charge in [-0.3, -0.25) is 4.79 Å². The van der Waals surface area contributed by atoms with Gasteiger partial charge in [0.2, 0.25) is 0 Å². The van der Waals surface area contributed by atoms with Gasteiger partial charge in [-0.2, -0.15) is 0 Å². The van der Waals surface area contributed by atoms with Crippen LogP contribution in [0.3, 0.4) is 0 Å². The van der Waals surface area contributed by atoms with Crippen LogP contribution in [0.1, 0.15) is 47.9 Å². The van der Waals surface area contributed by atoms with Crippen LogP contribution in [0.5, 0.6) is 5.75 Å². The standard InChI is InChI=1S/C23H26N2O3/c1-15-8-6-7-13-25(15)14-18-19(26)11-12-20-22(18)21(16(2)28-20)23(27)24-17-9-4-3-5-10-17/h3-5,9-12,15,26H,6-8,13-14H2,1-2H3,(H,24,27)/p+1/t15-/m1/s1. The molecule has 2 aromatic carbocycles.